The Morgan fingerprint density at radius 2 is 1.77 bits per heavy atom. The van der Waals surface area contributed by atoms with Crippen molar-refractivity contribution in [2.75, 3.05) is 12.4 Å². The summed E-state index contributed by atoms with van der Waals surface area (Å²) in [7, 11) is 1.24. The number of anilines is 1. The molecule has 0 atom stereocenters. The highest BCUT2D eigenvalue weighted by molar-refractivity contribution is 6.06. The SMILES string of the molecule is COc1cc(F)ccc1Oc1cc(C(F)(F)F)ccc1C(=O)Nc1cccc(C#N)c1. The number of methoxy groups -OCH3 is 1. The predicted molar refractivity (Wildman–Crippen MR) is 104 cm³/mol. The van der Waals surface area contributed by atoms with Crippen LogP contribution in [0.25, 0.3) is 0 Å². The molecule has 1 amide bonds. The summed E-state index contributed by atoms with van der Waals surface area (Å²) >= 11 is 0. The summed E-state index contributed by atoms with van der Waals surface area (Å²) in [5.41, 5.74) is -0.680. The van der Waals surface area contributed by atoms with E-state index in [0.717, 1.165) is 24.3 Å². The van der Waals surface area contributed by atoms with Crippen molar-refractivity contribution in [3.05, 3.63) is 83.2 Å². The number of nitriles is 1. The van der Waals surface area contributed by atoms with Crippen LogP contribution in [0.1, 0.15) is 21.5 Å². The monoisotopic (exact) mass is 430 g/mol. The minimum Gasteiger partial charge on any atom is -0.493 e. The van der Waals surface area contributed by atoms with Crippen molar-refractivity contribution in [2.24, 2.45) is 0 Å². The number of amides is 1. The largest absolute Gasteiger partial charge is 0.493 e. The Kier molecular flexibility index (Phi) is 6.11. The van der Waals surface area contributed by atoms with Crippen molar-refractivity contribution in [3.8, 4) is 23.3 Å². The third-order valence-electron chi connectivity index (χ3n) is 4.15. The van der Waals surface area contributed by atoms with Crippen LogP contribution >= 0.6 is 0 Å². The van der Waals surface area contributed by atoms with Gasteiger partial charge in [-0.05, 0) is 48.5 Å². The average molecular weight is 430 g/mol. The van der Waals surface area contributed by atoms with Gasteiger partial charge in [-0.3, -0.25) is 4.79 Å². The molecule has 3 aromatic carbocycles. The van der Waals surface area contributed by atoms with Gasteiger partial charge >= 0.3 is 6.18 Å². The molecule has 31 heavy (non-hydrogen) atoms. The first-order valence-electron chi connectivity index (χ1n) is 8.75. The first-order chi connectivity index (χ1) is 14.7. The maximum Gasteiger partial charge on any atom is 0.416 e. The highest BCUT2D eigenvalue weighted by atomic mass is 19.4. The zero-order valence-electron chi connectivity index (χ0n) is 16.0. The van der Waals surface area contributed by atoms with Crippen LogP contribution < -0.4 is 14.8 Å². The Morgan fingerprint density at radius 1 is 1.00 bits per heavy atom. The molecule has 0 heterocycles. The van der Waals surface area contributed by atoms with Crippen molar-refractivity contribution >= 4 is 11.6 Å². The van der Waals surface area contributed by atoms with Crippen LogP contribution in [-0.2, 0) is 6.18 Å². The molecule has 0 aromatic heterocycles. The molecule has 3 aromatic rings. The van der Waals surface area contributed by atoms with Gasteiger partial charge in [0.2, 0.25) is 0 Å². The number of hydrogen-bond acceptors (Lipinski definition) is 4. The van der Waals surface area contributed by atoms with Crippen LogP contribution in [0.5, 0.6) is 17.2 Å². The lowest BCUT2D eigenvalue weighted by molar-refractivity contribution is -0.137. The summed E-state index contributed by atoms with van der Waals surface area (Å²) in [5, 5.41) is 11.5. The fourth-order valence-electron chi connectivity index (χ4n) is 2.68. The Labute approximate surface area is 174 Å². The Balaban J connectivity index is 2.01. The summed E-state index contributed by atoms with van der Waals surface area (Å²) in [6.45, 7) is 0. The van der Waals surface area contributed by atoms with E-state index in [1.165, 1.54) is 31.4 Å². The van der Waals surface area contributed by atoms with Crippen LogP contribution in [0.2, 0.25) is 0 Å². The molecule has 0 spiro atoms. The lowest BCUT2D eigenvalue weighted by atomic mass is 10.1. The lowest BCUT2D eigenvalue weighted by Crippen LogP contribution is -2.14. The standard InChI is InChI=1S/C22H14F4N2O3/c1-30-20-11-15(23)6-8-18(20)31-19-10-14(22(24,25)26)5-7-17(19)21(29)28-16-4-2-3-13(9-16)12-27/h2-11H,1H3,(H,28,29). The van der Waals surface area contributed by atoms with Gasteiger partial charge in [-0.15, -0.1) is 0 Å². The molecule has 3 rings (SSSR count). The molecule has 0 bridgehead atoms. The molecule has 0 radical (unpaired) electrons. The second-order valence-electron chi connectivity index (χ2n) is 6.25. The average Bonchev–Trinajstić information content (AvgIpc) is 2.74. The number of benzene rings is 3. The van der Waals surface area contributed by atoms with Gasteiger partial charge in [-0.1, -0.05) is 6.07 Å². The van der Waals surface area contributed by atoms with E-state index >= 15 is 0 Å². The van der Waals surface area contributed by atoms with Crippen LogP contribution in [0, 0.1) is 17.1 Å². The normalized spacial score (nSPS) is 10.8. The lowest BCUT2D eigenvalue weighted by Gasteiger charge is -2.16. The molecule has 0 saturated heterocycles. The van der Waals surface area contributed by atoms with E-state index in [-0.39, 0.29) is 28.3 Å². The zero-order valence-corrected chi connectivity index (χ0v) is 16.0. The summed E-state index contributed by atoms with van der Waals surface area (Å²) in [5.74, 6) is -1.95. The van der Waals surface area contributed by atoms with Crippen LogP contribution in [0.15, 0.2) is 60.7 Å². The number of ether oxygens (including phenoxy) is 2. The Bertz CT molecular complexity index is 1170. The second-order valence-corrected chi connectivity index (χ2v) is 6.25. The molecular weight excluding hydrogens is 416 g/mol. The van der Waals surface area contributed by atoms with E-state index in [4.69, 9.17) is 14.7 Å². The summed E-state index contributed by atoms with van der Waals surface area (Å²) in [6.07, 6.45) is -4.68. The van der Waals surface area contributed by atoms with E-state index in [1.54, 1.807) is 6.07 Å². The van der Waals surface area contributed by atoms with Gasteiger partial charge in [-0.2, -0.15) is 18.4 Å². The topological polar surface area (TPSA) is 71.3 Å². The first kappa shape index (κ1) is 21.6. The number of hydrogen-bond donors (Lipinski definition) is 1. The molecule has 1 N–H and O–H groups in total. The molecule has 0 unspecified atom stereocenters. The maximum atomic E-state index is 13.4. The van der Waals surface area contributed by atoms with E-state index in [0.29, 0.717) is 6.07 Å². The van der Waals surface area contributed by atoms with Crippen molar-refractivity contribution in [1.29, 1.82) is 5.26 Å². The van der Waals surface area contributed by atoms with Gasteiger partial charge in [0, 0.05) is 11.8 Å². The number of carbonyl (C=O) groups excluding carboxylic acids is 1. The number of carbonyl (C=O) groups is 1. The van der Waals surface area contributed by atoms with E-state index < -0.39 is 29.2 Å². The molecule has 9 heteroatoms. The summed E-state index contributed by atoms with van der Waals surface area (Å²) < 4.78 is 63.6. The third-order valence-corrected chi connectivity index (χ3v) is 4.15. The predicted octanol–water partition coefficient (Wildman–Crippen LogP) is 5.77. The fraction of sp³-hybridized carbons (Fsp3) is 0.0909. The molecular formula is C22H14F4N2O3. The number of alkyl halides is 3. The van der Waals surface area contributed by atoms with Gasteiger partial charge < -0.3 is 14.8 Å². The molecule has 0 aliphatic heterocycles. The number of halogens is 4. The molecule has 0 fully saturated rings. The fourth-order valence-corrected chi connectivity index (χ4v) is 2.68. The number of rotatable bonds is 5. The number of nitrogens with one attached hydrogen (secondary N) is 1. The van der Waals surface area contributed by atoms with Crippen LogP contribution in [-0.4, -0.2) is 13.0 Å². The molecule has 158 valence electrons. The minimum atomic E-state index is -4.68. The molecule has 0 saturated carbocycles. The zero-order chi connectivity index (χ0) is 22.6. The molecule has 0 aliphatic rings. The van der Waals surface area contributed by atoms with E-state index in [2.05, 4.69) is 5.32 Å². The second kappa shape index (κ2) is 8.75. The molecule has 0 aliphatic carbocycles. The first-order valence-corrected chi connectivity index (χ1v) is 8.75. The van der Waals surface area contributed by atoms with Crippen LogP contribution in [0.3, 0.4) is 0 Å². The van der Waals surface area contributed by atoms with Gasteiger partial charge in [0.15, 0.2) is 11.5 Å². The smallest absolute Gasteiger partial charge is 0.416 e. The van der Waals surface area contributed by atoms with Crippen molar-refractivity contribution < 1.29 is 31.8 Å². The molecule has 5 nitrogen and oxygen atoms in total. The third kappa shape index (κ3) is 5.11. The van der Waals surface area contributed by atoms with Gasteiger partial charge in [0.25, 0.3) is 5.91 Å². The maximum absolute atomic E-state index is 13.4. The van der Waals surface area contributed by atoms with Gasteiger partial charge in [-0.25, -0.2) is 4.39 Å². The van der Waals surface area contributed by atoms with Crippen molar-refractivity contribution in [1.82, 2.24) is 0 Å². The highest BCUT2D eigenvalue weighted by Gasteiger charge is 2.32. The number of nitrogens with zero attached hydrogens (tertiary/aromatic N) is 1. The van der Waals surface area contributed by atoms with Crippen molar-refractivity contribution in [3.63, 3.8) is 0 Å². The quantitative estimate of drug-likeness (QED) is 0.522. The minimum absolute atomic E-state index is 0.0644. The van der Waals surface area contributed by atoms with E-state index in [9.17, 15) is 22.4 Å². The summed E-state index contributed by atoms with van der Waals surface area (Å²) in [4.78, 5) is 12.7. The Morgan fingerprint density at radius 3 is 2.45 bits per heavy atom. The van der Waals surface area contributed by atoms with Crippen molar-refractivity contribution in [2.45, 2.75) is 6.18 Å². The Hall–Kier alpha value is -4.06. The highest BCUT2D eigenvalue weighted by Crippen LogP contribution is 2.38. The summed E-state index contributed by atoms with van der Waals surface area (Å²) in [6, 6.07) is 13.5. The van der Waals surface area contributed by atoms with Crippen LogP contribution in [0.4, 0.5) is 23.2 Å². The van der Waals surface area contributed by atoms with Gasteiger partial charge in [0.1, 0.15) is 11.6 Å². The van der Waals surface area contributed by atoms with E-state index in [1.807, 2.05) is 6.07 Å². The van der Waals surface area contributed by atoms with Gasteiger partial charge in [0.05, 0.1) is 29.9 Å².